The number of likely N-dealkylation sites (tertiary alicyclic amines) is 1. The van der Waals surface area contributed by atoms with Crippen molar-refractivity contribution in [3.8, 4) is 0 Å². The monoisotopic (exact) mass is 452 g/mol. The molecule has 2 fully saturated rings. The molecular formula is C23H33ClN2O3S. The van der Waals surface area contributed by atoms with Crippen LogP contribution < -0.4 is 0 Å². The fraction of sp³-hybridized carbons (Fsp3) is 0.609. The maximum atomic E-state index is 13.3. The maximum Gasteiger partial charge on any atom is 0.227 e. The predicted octanol–water partition coefficient (Wildman–Crippen LogP) is 3.98. The van der Waals surface area contributed by atoms with Gasteiger partial charge in [-0.1, -0.05) is 12.1 Å². The number of nitrogens with zero attached hydrogens (tertiary/aromatic N) is 2. The van der Waals surface area contributed by atoms with Crippen LogP contribution in [0.1, 0.15) is 31.2 Å². The molecule has 1 amide bonds. The Kier molecular flexibility index (Phi) is 8.16. The van der Waals surface area contributed by atoms with E-state index >= 15 is 0 Å². The Morgan fingerprint density at radius 1 is 1.13 bits per heavy atom. The maximum absolute atomic E-state index is 13.3. The highest BCUT2D eigenvalue weighted by Crippen LogP contribution is 2.33. The van der Waals surface area contributed by atoms with E-state index in [1.165, 1.54) is 22.9 Å². The van der Waals surface area contributed by atoms with Crippen molar-refractivity contribution < 1.29 is 14.3 Å². The number of carbonyl (C=O) groups excluding carboxylic acids is 1. The molecule has 4 rings (SSSR count). The Morgan fingerprint density at radius 3 is 2.53 bits per heavy atom. The third-order valence-corrected chi connectivity index (χ3v) is 7.72. The second kappa shape index (κ2) is 10.4. The molecule has 1 aromatic heterocycles. The van der Waals surface area contributed by atoms with E-state index in [4.69, 9.17) is 9.47 Å². The highest BCUT2D eigenvalue weighted by Gasteiger charge is 2.43. The summed E-state index contributed by atoms with van der Waals surface area (Å²) in [7, 11) is 5.50. The van der Waals surface area contributed by atoms with Gasteiger partial charge in [0.15, 0.2) is 0 Å². The minimum absolute atomic E-state index is 0. The average molecular weight is 453 g/mol. The number of benzene rings is 1. The lowest BCUT2D eigenvalue weighted by molar-refractivity contribution is -0.140. The van der Waals surface area contributed by atoms with Crippen molar-refractivity contribution in [3.05, 3.63) is 35.2 Å². The van der Waals surface area contributed by atoms with Crippen LogP contribution in [0, 0.1) is 0 Å². The molecule has 7 heteroatoms. The largest absolute Gasteiger partial charge is 0.379 e. The van der Waals surface area contributed by atoms with Crippen molar-refractivity contribution in [1.29, 1.82) is 0 Å². The molecule has 1 saturated carbocycles. The molecule has 4 atom stereocenters. The van der Waals surface area contributed by atoms with Gasteiger partial charge in [-0.2, -0.15) is 0 Å². The smallest absolute Gasteiger partial charge is 0.227 e. The number of ether oxygens (including phenoxy) is 2. The van der Waals surface area contributed by atoms with Crippen LogP contribution in [0.4, 0.5) is 0 Å². The van der Waals surface area contributed by atoms with E-state index in [0.717, 1.165) is 31.5 Å². The number of likely N-dealkylation sites (N-methyl/N-ethyl adjacent to an activating group) is 1. The van der Waals surface area contributed by atoms with Crippen molar-refractivity contribution in [2.24, 2.45) is 0 Å². The molecule has 1 aliphatic carbocycles. The SMILES string of the molecule is CO[C@H]1CC(N(C)C(=O)Cc2cccc3sccc23)[C@@H](N2CCCC2)C[C@H]1OC.Cl. The van der Waals surface area contributed by atoms with Gasteiger partial charge in [0.25, 0.3) is 0 Å². The Hall–Kier alpha value is -1.18. The van der Waals surface area contributed by atoms with Gasteiger partial charge in [0, 0.05) is 38.1 Å². The summed E-state index contributed by atoms with van der Waals surface area (Å²) in [5, 5.41) is 3.30. The van der Waals surface area contributed by atoms with Crippen LogP contribution in [-0.2, 0) is 20.7 Å². The number of rotatable bonds is 6. The van der Waals surface area contributed by atoms with Gasteiger partial charge in [0.1, 0.15) is 0 Å². The second-order valence-corrected chi connectivity index (χ2v) is 9.28. The molecule has 1 unspecified atom stereocenters. The van der Waals surface area contributed by atoms with Crippen molar-refractivity contribution >= 4 is 39.7 Å². The van der Waals surface area contributed by atoms with Crippen molar-refractivity contribution in [1.82, 2.24) is 9.80 Å². The number of hydrogen-bond donors (Lipinski definition) is 0. The molecule has 2 heterocycles. The zero-order valence-corrected chi connectivity index (χ0v) is 19.7. The van der Waals surface area contributed by atoms with Crippen LogP contribution in [0.3, 0.4) is 0 Å². The van der Waals surface area contributed by atoms with Crippen LogP contribution in [-0.4, -0.2) is 74.4 Å². The van der Waals surface area contributed by atoms with E-state index in [-0.39, 0.29) is 36.6 Å². The normalized spacial score (nSPS) is 27.2. The van der Waals surface area contributed by atoms with E-state index in [1.807, 2.05) is 11.9 Å². The molecule has 166 valence electrons. The molecule has 30 heavy (non-hydrogen) atoms. The Balaban J connectivity index is 0.00000256. The summed E-state index contributed by atoms with van der Waals surface area (Å²) < 4.78 is 12.7. The zero-order valence-electron chi connectivity index (χ0n) is 18.1. The summed E-state index contributed by atoms with van der Waals surface area (Å²) in [6.45, 7) is 2.23. The fourth-order valence-corrected chi connectivity index (χ4v) is 5.99. The Bertz CT molecular complexity index is 839. The first-order valence-corrected chi connectivity index (χ1v) is 11.5. The van der Waals surface area contributed by atoms with Gasteiger partial charge in [0.2, 0.25) is 5.91 Å². The van der Waals surface area contributed by atoms with Gasteiger partial charge in [-0.3, -0.25) is 9.69 Å². The number of amides is 1. The predicted molar refractivity (Wildman–Crippen MR) is 125 cm³/mol. The fourth-order valence-electron chi connectivity index (χ4n) is 5.16. The van der Waals surface area contributed by atoms with E-state index in [9.17, 15) is 4.79 Å². The summed E-state index contributed by atoms with van der Waals surface area (Å²) in [4.78, 5) is 17.9. The van der Waals surface area contributed by atoms with Gasteiger partial charge in [-0.15, -0.1) is 23.7 Å². The minimum Gasteiger partial charge on any atom is -0.379 e. The molecule has 1 aromatic carbocycles. The third-order valence-electron chi connectivity index (χ3n) is 6.84. The molecule has 0 spiro atoms. The van der Waals surface area contributed by atoms with E-state index in [1.54, 1.807) is 25.6 Å². The van der Waals surface area contributed by atoms with E-state index in [2.05, 4.69) is 34.5 Å². The number of fused-ring (bicyclic) bond motifs is 1. The molecule has 0 N–H and O–H groups in total. The van der Waals surface area contributed by atoms with Gasteiger partial charge in [0.05, 0.1) is 18.6 Å². The van der Waals surface area contributed by atoms with Gasteiger partial charge < -0.3 is 14.4 Å². The quantitative estimate of drug-likeness (QED) is 0.664. The Labute approximate surface area is 189 Å². The van der Waals surface area contributed by atoms with Crippen LogP contribution in [0.25, 0.3) is 10.1 Å². The summed E-state index contributed by atoms with van der Waals surface area (Å²) in [5.41, 5.74) is 1.12. The zero-order chi connectivity index (χ0) is 20.4. The topological polar surface area (TPSA) is 42.0 Å². The molecule has 5 nitrogen and oxygen atoms in total. The number of halogens is 1. The van der Waals surface area contributed by atoms with Gasteiger partial charge >= 0.3 is 0 Å². The van der Waals surface area contributed by atoms with E-state index < -0.39 is 0 Å². The molecule has 2 aromatic rings. The third kappa shape index (κ3) is 4.68. The standard InChI is InChI=1S/C23H32N2O3S.ClH/c1-24(23(26)13-16-7-6-8-22-17(16)9-12-29-22)18-14-20(27-2)21(28-3)15-19(18)25-10-4-5-11-25;/h6-9,12,18-21H,4-5,10-11,13-15H2,1-3H3;1H/t18?,19-,20-,21+;/m0./s1. The molecule has 1 aliphatic heterocycles. The molecule has 2 aliphatic rings. The second-order valence-electron chi connectivity index (χ2n) is 8.33. The lowest BCUT2D eigenvalue weighted by atomic mass is 9.84. The van der Waals surface area contributed by atoms with Gasteiger partial charge in [-0.05, 0) is 67.2 Å². The summed E-state index contributed by atoms with van der Waals surface area (Å²) in [5.74, 6) is 0.184. The summed E-state index contributed by atoms with van der Waals surface area (Å²) in [6.07, 6.45) is 4.78. The number of thiophene rings is 1. The summed E-state index contributed by atoms with van der Waals surface area (Å²) >= 11 is 1.73. The van der Waals surface area contributed by atoms with Crippen molar-refractivity contribution in [2.45, 2.75) is 56.4 Å². The molecular weight excluding hydrogens is 420 g/mol. The number of methoxy groups -OCH3 is 2. The highest BCUT2D eigenvalue weighted by atomic mass is 35.5. The minimum atomic E-state index is 0. The molecule has 0 radical (unpaired) electrons. The number of hydrogen-bond acceptors (Lipinski definition) is 5. The van der Waals surface area contributed by atoms with Gasteiger partial charge in [-0.25, -0.2) is 0 Å². The molecule has 0 bridgehead atoms. The highest BCUT2D eigenvalue weighted by molar-refractivity contribution is 7.17. The van der Waals surface area contributed by atoms with Crippen molar-refractivity contribution in [3.63, 3.8) is 0 Å². The molecule has 1 saturated heterocycles. The van der Waals surface area contributed by atoms with Crippen LogP contribution in [0.5, 0.6) is 0 Å². The van der Waals surface area contributed by atoms with Crippen LogP contribution >= 0.6 is 23.7 Å². The average Bonchev–Trinajstić information content (AvgIpc) is 3.44. The lowest BCUT2D eigenvalue weighted by Gasteiger charge is -2.47. The first-order valence-electron chi connectivity index (χ1n) is 10.6. The lowest BCUT2D eigenvalue weighted by Crippen LogP contribution is -2.59. The van der Waals surface area contributed by atoms with E-state index in [0.29, 0.717) is 12.5 Å². The van der Waals surface area contributed by atoms with Crippen LogP contribution in [0.15, 0.2) is 29.6 Å². The first kappa shape index (κ1) is 23.5. The van der Waals surface area contributed by atoms with Crippen molar-refractivity contribution in [2.75, 3.05) is 34.4 Å². The number of carbonyl (C=O) groups is 1. The summed E-state index contributed by atoms with van der Waals surface area (Å²) in [6, 6.07) is 8.87. The van der Waals surface area contributed by atoms with Crippen LogP contribution in [0.2, 0.25) is 0 Å². The Morgan fingerprint density at radius 2 is 1.83 bits per heavy atom. The first-order chi connectivity index (χ1) is 14.1.